The quantitative estimate of drug-likeness (QED) is 0.726. The molecule has 0 bridgehead atoms. The van der Waals surface area contributed by atoms with Crippen molar-refractivity contribution in [1.82, 2.24) is 0 Å². The summed E-state index contributed by atoms with van der Waals surface area (Å²) in [4.78, 5) is 0. The highest BCUT2D eigenvalue weighted by atomic mass is 16.5. The fourth-order valence-corrected chi connectivity index (χ4v) is 3.66. The van der Waals surface area contributed by atoms with Crippen molar-refractivity contribution in [2.45, 2.75) is 44.0 Å². The van der Waals surface area contributed by atoms with Crippen molar-refractivity contribution in [1.29, 1.82) is 0 Å². The molecular weight excluding hydrogens is 344 g/mol. The zero-order valence-electron chi connectivity index (χ0n) is 15.9. The lowest BCUT2D eigenvalue weighted by Gasteiger charge is -2.41. The van der Waals surface area contributed by atoms with Crippen LogP contribution in [0.1, 0.15) is 41.2 Å². The van der Waals surface area contributed by atoms with Gasteiger partial charge in [-0.25, -0.2) is 0 Å². The molecule has 1 fully saturated rings. The molecule has 0 saturated carbocycles. The fraction of sp³-hybridized carbons (Fsp3) is 0.455. The third kappa shape index (κ3) is 4.50. The summed E-state index contributed by atoms with van der Waals surface area (Å²) >= 11 is 0. The maximum Gasteiger partial charge on any atom is 0.118 e. The minimum atomic E-state index is -1.09. The van der Waals surface area contributed by atoms with E-state index in [0.717, 1.165) is 17.7 Å². The van der Waals surface area contributed by atoms with Gasteiger partial charge in [-0.05, 0) is 47.7 Å². The van der Waals surface area contributed by atoms with Crippen LogP contribution in [0, 0.1) is 6.92 Å². The van der Waals surface area contributed by atoms with Crippen molar-refractivity contribution in [2.75, 3.05) is 20.3 Å². The number of aliphatic hydroxyl groups is 3. The predicted molar refractivity (Wildman–Crippen MR) is 103 cm³/mol. The van der Waals surface area contributed by atoms with Crippen molar-refractivity contribution in [3.8, 4) is 5.75 Å². The van der Waals surface area contributed by atoms with Gasteiger partial charge in [-0.2, -0.15) is 0 Å². The lowest BCUT2D eigenvalue weighted by Crippen LogP contribution is -2.48. The Labute approximate surface area is 160 Å². The monoisotopic (exact) mass is 372 g/mol. The molecule has 3 N–H and O–H groups in total. The van der Waals surface area contributed by atoms with E-state index in [1.807, 2.05) is 30.3 Å². The van der Waals surface area contributed by atoms with Crippen molar-refractivity contribution in [3.63, 3.8) is 0 Å². The van der Waals surface area contributed by atoms with Crippen LogP contribution in [0.3, 0.4) is 0 Å². The summed E-state index contributed by atoms with van der Waals surface area (Å²) in [5.74, 6) is 0.832. The molecule has 2 atom stereocenters. The zero-order valence-corrected chi connectivity index (χ0v) is 15.9. The van der Waals surface area contributed by atoms with Gasteiger partial charge in [0.2, 0.25) is 0 Å². The maximum absolute atomic E-state index is 10.2. The largest absolute Gasteiger partial charge is 0.497 e. The van der Waals surface area contributed by atoms with Gasteiger partial charge in [0, 0.05) is 12.8 Å². The summed E-state index contributed by atoms with van der Waals surface area (Å²) in [6.45, 7) is 1.44. The van der Waals surface area contributed by atoms with E-state index in [1.54, 1.807) is 7.11 Å². The molecule has 3 rings (SSSR count). The molecule has 0 spiro atoms. The average molecular weight is 372 g/mol. The maximum atomic E-state index is 10.2. The Morgan fingerprint density at radius 3 is 2.44 bits per heavy atom. The number of hydrogen-bond acceptors (Lipinski definition) is 5. The highest BCUT2D eigenvalue weighted by Crippen LogP contribution is 2.38. The van der Waals surface area contributed by atoms with E-state index in [-0.39, 0.29) is 25.7 Å². The van der Waals surface area contributed by atoms with E-state index in [4.69, 9.17) is 9.47 Å². The number of aliphatic hydroxyl groups excluding tert-OH is 3. The second kappa shape index (κ2) is 8.40. The van der Waals surface area contributed by atoms with Gasteiger partial charge >= 0.3 is 0 Å². The molecule has 1 heterocycles. The van der Waals surface area contributed by atoms with Crippen LogP contribution in [0.15, 0.2) is 42.5 Å². The lowest BCUT2D eigenvalue weighted by atomic mass is 9.87. The van der Waals surface area contributed by atoms with Gasteiger partial charge in [0.15, 0.2) is 0 Å². The number of rotatable bonds is 6. The number of ether oxygens (including phenoxy) is 2. The van der Waals surface area contributed by atoms with Crippen LogP contribution < -0.4 is 4.74 Å². The first kappa shape index (κ1) is 19.8. The smallest absolute Gasteiger partial charge is 0.118 e. The molecule has 146 valence electrons. The predicted octanol–water partition coefficient (Wildman–Crippen LogP) is 2.53. The molecule has 2 aromatic rings. The number of hydrogen-bond donors (Lipinski definition) is 3. The van der Waals surface area contributed by atoms with E-state index < -0.39 is 11.7 Å². The fourth-order valence-electron chi connectivity index (χ4n) is 3.66. The molecule has 1 saturated heterocycles. The van der Waals surface area contributed by atoms with E-state index in [1.165, 1.54) is 16.7 Å². The van der Waals surface area contributed by atoms with Crippen LogP contribution in [-0.4, -0.2) is 47.3 Å². The molecule has 1 aliphatic rings. The SMILES string of the molecule is COc1ccc(Cc2cc(C3CC(O)CC(CO)(CO)O3)ccc2C)cc1. The normalized spacial score (nSPS) is 21.8. The van der Waals surface area contributed by atoms with Gasteiger partial charge in [-0.15, -0.1) is 0 Å². The summed E-state index contributed by atoms with van der Waals surface area (Å²) < 4.78 is 11.2. The topological polar surface area (TPSA) is 79.2 Å². The number of aryl methyl sites for hydroxylation is 1. The summed E-state index contributed by atoms with van der Waals surface area (Å²) in [5, 5.41) is 29.5. The zero-order chi connectivity index (χ0) is 19.4. The van der Waals surface area contributed by atoms with E-state index >= 15 is 0 Å². The summed E-state index contributed by atoms with van der Waals surface area (Å²) in [6.07, 6.45) is 0.496. The Kier molecular flexibility index (Phi) is 6.17. The Bertz CT molecular complexity index is 752. The first-order valence-corrected chi connectivity index (χ1v) is 9.28. The summed E-state index contributed by atoms with van der Waals surface area (Å²) in [6, 6.07) is 14.1. The van der Waals surface area contributed by atoms with E-state index in [9.17, 15) is 15.3 Å². The standard InChI is InChI=1S/C22H28O5/c1-15-3-6-17(21-11-19(25)12-22(13-23,14-24)27-21)10-18(15)9-16-4-7-20(26-2)8-5-16/h3-8,10,19,21,23-25H,9,11-14H2,1-2H3. The lowest BCUT2D eigenvalue weighted by molar-refractivity contribution is -0.198. The summed E-state index contributed by atoms with van der Waals surface area (Å²) in [5.41, 5.74) is 3.40. The highest BCUT2D eigenvalue weighted by molar-refractivity contribution is 5.38. The van der Waals surface area contributed by atoms with Gasteiger partial charge in [-0.1, -0.05) is 30.3 Å². The number of benzene rings is 2. The average Bonchev–Trinajstić information content (AvgIpc) is 2.69. The molecule has 2 aromatic carbocycles. The first-order valence-electron chi connectivity index (χ1n) is 9.28. The van der Waals surface area contributed by atoms with Gasteiger partial charge in [-0.3, -0.25) is 0 Å². The van der Waals surface area contributed by atoms with Gasteiger partial charge in [0.1, 0.15) is 11.4 Å². The molecule has 0 radical (unpaired) electrons. The molecule has 5 nitrogen and oxygen atoms in total. The molecule has 1 aliphatic heterocycles. The highest BCUT2D eigenvalue weighted by Gasteiger charge is 2.41. The molecule has 27 heavy (non-hydrogen) atoms. The van der Waals surface area contributed by atoms with Crippen molar-refractivity contribution in [3.05, 3.63) is 64.7 Å². The van der Waals surface area contributed by atoms with Crippen molar-refractivity contribution >= 4 is 0 Å². The minimum absolute atomic E-state index is 0.237. The van der Waals surface area contributed by atoms with Crippen LogP contribution in [0.5, 0.6) is 5.75 Å². The second-order valence-electron chi connectivity index (χ2n) is 7.41. The van der Waals surface area contributed by atoms with E-state index in [2.05, 4.69) is 19.1 Å². The Balaban J connectivity index is 1.83. The van der Waals surface area contributed by atoms with Gasteiger partial charge in [0.05, 0.1) is 32.5 Å². The minimum Gasteiger partial charge on any atom is -0.497 e. The molecule has 0 aromatic heterocycles. The number of methoxy groups -OCH3 is 1. The first-order chi connectivity index (χ1) is 13.0. The Hall–Kier alpha value is -1.92. The molecule has 0 amide bonds. The van der Waals surface area contributed by atoms with Crippen LogP contribution >= 0.6 is 0 Å². The second-order valence-corrected chi connectivity index (χ2v) is 7.41. The van der Waals surface area contributed by atoms with E-state index in [0.29, 0.717) is 6.42 Å². The van der Waals surface area contributed by atoms with Crippen molar-refractivity contribution in [2.24, 2.45) is 0 Å². The molecule has 0 aliphatic carbocycles. The molecular formula is C22H28O5. The van der Waals surface area contributed by atoms with Crippen LogP contribution in [0.25, 0.3) is 0 Å². The van der Waals surface area contributed by atoms with Crippen LogP contribution in [0.2, 0.25) is 0 Å². The van der Waals surface area contributed by atoms with Crippen LogP contribution in [-0.2, 0) is 11.2 Å². The molecule has 2 unspecified atom stereocenters. The third-order valence-corrected chi connectivity index (χ3v) is 5.36. The third-order valence-electron chi connectivity index (χ3n) is 5.36. The molecule has 5 heteroatoms. The summed E-state index contributed by atoms with van der Waals surface area (Å²) in [7, 11) is 1.65. The Morgan fingerprint density at radius 2 is 1.81 bits per heavy atom. The van der Waals surface area contributed by atoms with Crippen molar-refractivity contribution < 1.29 is 24.8 Å². The van der Waals surface area contributed by atoms with Crippen LogP contribution in [0.4, 0.5) is 0 Å². The Morgan fingerprint density at radius 1 is 1.11 bits per heavy atom. The van der Waals surface area contributed by atoms with Gasteiger partial charge < -0.3 is 24.8 Å². The van der Waals surface area contributed by atoms with Gasteiger partial charge in [0.25, 0.3) is 0 Å².